The van der Waals surface area contributed by atoms with Gasteiger partial charge in [0.15, 0.2) is 0 Å². The molecule has 1 aliphatic rings. The normalized spacial score (nSPS) is 36.2. The van der Waals surface area contributed by atoms with E-state index in [1.54, 1.807) is 0 Å². The van der Waals surface area contributed by atoms with Gasteiger partial charge in [0.2, 0.25) is 0 Å². The number of allylic oxidation sites excluding steroid dienone is 1. The van der Waals surface area contributed by atoms with Crippen molar-refractivity contribution < 1.29 is 0 Å². The van der Waals surface area contributed by atoms with Gasteiger partial charge in [0, 0.05) is 6.04 Å². The highest BCUT2D eigenvalue weighted by Gasteiger charge is 2.03. The van der Waals surface area contributed by atoms with Crippen LogP contribution in [0.15, 0.2) is 12.2 Å². The Labute approximate surface area is 57.1 Å². The lowest BCUT2D eigenvalue weighted by Gasteiger charge is -2.04. The summed E-state index contributed by atoms with van der Waals surface area (Å²) in [5.74, 6) is 0.766. The summed E-state index contributed by atoms with van der Waals surface area (Å²) in [6, 6.07) is 0.579. The van der Waals surface area contributed by atoms with Gasteiger partial charge in [-0.05, 0) is 25.8 Å². The first-order valence-corrected chi connectivity index (χ1v) is 3.71. The molecule has 0 aliphatic carbocycles. The van der Waals surface area contributed by atoms with E-state index in [2.05, 4.69) is 31.3 Å². The lowest BCUT2D eigenvalue weighted by atomic mass is 10.1. The van der Waals surface area contributed by atoms with E-state index in [4.69, 9.17) is 0 Å². The molecule has 1 nitrogen and oxygen atoms in total. The first-order chi connectivity index (χ1) is 4.29. The fourth-order valence-corrected chi connectivity index (χ4v) is 1.06. The molecule has 52 valence electrons. The summed E-state index contributed by atoms with van der Waals surface area (Å²) in [5, 5.41) is 3.39. The average molecular weight is 125 g/mol. The number of hydrogen-bond donors (Lipinski definition) is 1. The van der Waals surface area contributed by atoms with Crippen molar-refractivity contribution >= 4 is 0 Å². The van der Waals surface area contributed by atoms with Crippen LogP contribution in [0.1, 0.15) is 20.3 Å². The molecule has 1 N–H and O–H groups in total. The first-order valence-electron chi connectivity index (χ1n) is 3.71. The topological polar surface area (TPSA) is 12.0 Å². The molecule has 9 heavy (non-hydrogen) atoms. The highest BCUT2D eigenvalue weighted by Crippen LogP contribution is 2.06. The molecular formula is C8H15N. The van der Waals surface area contributed by atoms with Gasteiger partial charge in [-0.3, -0.25) is 0 Å². The SMILES string of the molecule is CC1C=C[C@@H](C)CCN1. The van der Waals surface area contributed by atoms with Crippen LogP contribution in [0, 0.1) is 5.92 Å². The lowest BCUT2D eigenvalue weighted by Crippen LogP contribution is -2.23. The minimum Gasteiger partial charge on any atom is -0.311 e. The van der Waals surface area contributed by atoms with Crippen LogP contribution in [0.4, 0.5) is 0 Å². The highest BCUT2D eigenvalue weighted by atomic mass is 14.9. The average Bonchev–Trinajstić information content (AvgIpc) is 1.97. The van der Waals surface area contributed by atoms with Gasteiger partial charge >= 0.3 is 0 Å². The third kappa shape index (κ3) is 2.19. The van der Waals surface area contributed by atoms with E-state index >= 15 is 0 Å². The predicted molar refractivity (Wildman–Crippen MR) is 40.4 cm³/mol. The molecule has 1 unspecified atom stereocenters. The van der Waals surface area contributed by atoms with Crippen molar-refractivity contribution in [3.05, 3.63) is 12.2 Å². The van der Waals surface area contributed by atoms with E-state index in [0.717, 1.165) is 12.5 Å². The van der Waals surface area contributed by atoms with Crippen molar-refractivity contribution in [2.75, 3.05) is 6.54 Å². The lowest BCUT2D eigenvalue weighted by molar-refractivity contribution is 0.578. The molecule has 1 aliphatic heterocycles. The molecule has 0 bridgehead atoms. The van der Waals surface area contributed by atoms with Gasteiger partial charge in [0.05, 0.1) is 0 Å². The molecule has 0 amide bonds. The maximum Gasteiger partial charge on any atom is 0.0221 e. The van der Waals surface area contributed by atoms with Crippen LogP contribution < -0.4 is 5.32 Å². The van der Waals surface area contributed by atoms with Gasteiger partial charge in [-0.2, -0.15) is 0 Å². The second-order valence-electron chi connectivity index (χ2n) is 2.89. The van der Waals surface area contributed by atoms with Crippen molar-refractivity contribution in [2.24, 2.45) is 5.92 Å². The summed E-state index contributed by atoms with van der Waals surface area (Å²) >= 11 is 0. The van der Waals surface area contributed by atoms with Gasteiger partial charge in [-0.1, -0.05) is 19.1 Å². The van der Waals surface area contributed by atoms with E-state index in [-0.39, 0.29) is 0 Å². The summed E-state index contributed by atoms with van der Waals surface area (Å²) in [7, 11) is 0. The van der Waals surface area contributed by atoms with Crippen LogP contribution >= 0.6 is 0 Å². The second kappa shape index (κ2) is 3.02. The van der Waals surface area contributed by atoms with E-state index < -0.39 is 0 Å². The van der Waals surface area contributed by atoms with E-state index in [0.29, 0.717) is 6.04 Å². The molecular weight excluding hydrogens is 110 g/mol. The van der Waals surface area contributed by atoms with Crippen LogP contribution in [0.25, 0.3) is 0 Å². The van der Waals surface area contributed by atoms with Crippen molar-refractivity contribution in [3.63, 3.8) is 0 Å². The van der Waals surface area contributed by atoms with Crippen LogP contribution in [-0.4, -0.2) is 12.6 Å². The molecule has 2 atom stereocenters. The molecule has 0 aromatic carbocycles. The molecule has 0 radical (unpaired) electrons. The minimum atomic E-state index is 0.579. The summed E-state index contributed by atoms with van der Waals surface area (Å²) in [6.45, 7) is 5.61. The fourth-order valence-electron chi connectivity index (χ4n) is 1.06. The number of hydrogen-bond acceptors (Lipinski definition) is 1. The third-order valence-electron chi connectivity index (χ3n) is 1.79. The van der Waals surface area contributed by atoms with Crippen molar-refractivity contribution in [1.82, 2.24) is 5.32 Å². The van der Waals surface area contributed by atoms with Crippen LogP contribution in [-0.2, 0) is 0 Å². The van der Waals surface area contributed by atoms with Crippen LogP contribution in [0.3, 0.4) is 0 Å². The van der Waals surface area contributed by atoms with E-state index in [1.807, 2.05) is 0 Å². The number of nitrogens with one attached hydrogen (secondary N) is 1. The molecule has 0 spiro atoms. The Hall–Kier alpha value is -0.300. The Morgan fingerprint density at radius 3 is 2.89 bits per heavy atom. The van der Waals surface area contributed by atoms with E-state index in [9.17, 15) is 0 Å². The van der Waals surface area contributed by atoms with Crippen LogP contribution in [0.5, 0.6) is 0 Å². The Morgan fingerprint density at radius 1 is 1.33 bits per heavy atom. The Morgan fingerprint density at radius 2 is 2.11 bits per heavy atom. The Balaban J connectivity index is 2.43. The van der Waals surface area contributed by atoms with Crippen molar-refractivity contribution in [1.29, 1.82) is 0 Å². The predicted octanol–water partition coefficient (Wildman–Crippen LogP) is 1.56. The molecule has 0 fully saturated rings. The second-order valence-corrected chi connectivity index (χ2v) is 2.89. The van der Waals surface area contributed by atoms with Gasteiger partial charge in [0.1, 0.15) is 0 Å². The van der Waals surface area contributed by atoms with E-state index in [1.165, 1.54) is 6.42 Å². The zero-order chi connectivity index (χ0) is 6.69. The summed E-state index contributed by atoms with van der Waals surface area (Å²) in [4.78, 5) is 0. The van der Waals surface area contributed by atoms with Gasteiger partial charge in [0.25, 0.3) is 0 Å². The molecule has 1 heteroatoms. The highest BCUT2D eigenvalue weighted by molar-refractivity contribution is 4.96. The summed E-state index contributed by atoms with van der Waals surface area (Å²) in [5.41, 5.74) is 0. The largest absolute Gasteiger partial charge is 0.311 e. The first kappa shape index (κ1) is 6.81. The van der Waals surface area contributed by atoms with Gasteiger partial charge in [-0.15, -0.1) is 0 Å². The summed E-state index contributed by atoms with van der Waals surface area (Å²) < 4.78 is 0. The van der Waals surface area contributed by atoms with Crippen molar-refractivity contribution in [2.45, 2.75) is 26.3 Å². The molecule has 0 saturated heterocycles. The van der Waals surface area contributed by atoms with Gasteiger partial charge in [-0.25, -0.2) is 0 Å². The Bertz CT molecular complexity index is 95.1. The fraction of sp³-hybridized carbons (Fsp3) is 0.750. The van der Waals surface area contributed by atoms with Crippen molar-refractivity contribution in [3.8, 4) is 0 Å². The summed E-state index contributed by atoms with van der Waals surface area (Å²) in [6.07, 6.45) is 5.82. The number of rotatable bonds is 0. The quantitative estimate of drug-likeness (QED) is 0.484. The monoisotopic (exact) mass is 125 g/mol. The molecule has 0 aromatic heterocycles. The zero-order valence-corrected chi connectivity index (χ0v) is 6.22. The standard InChI is InChI=1S/C8H15N/c1-7-3-4-8(2)9-6-5-7/h3-4,7-9H,5-6H2,1-2H3/t7-,8?/m1/s1. The third-order valence-corrected chi connectivity index (χ3v) is 1.79. The molecule has 1 rings (SSSR count). The molecule has 1 heterocycles. The molecule has 0 aromatic rings. The maximum atomic E-state index is 3.39. The smallest absolute Gasteiger partial charge is 0.0221 e. The zero-order valence-electron chi connectivity index (χ0n) is 6.22. The van der Waals surface area contributed by atoms with Crippen LogP contribution in [0.2, 0.25) is 0 Å². The maximum absolute atomic E-state index is 3.39. The minimum absolute atomic E-state index is 0.579. The van der Waals surface area contributed by atoms with Gasteiger partial charge < -0.3 is 5.32 Å². The molecule has 0 saturated carbocycles. The Kier molecular flexibility index (Phi) is 2.29.